The zero-order valence-electron chi connectivity index (χ0n) is 15.7. The van der Waals surface area contributed by atoms with Crippen molar-refractivity contribution in [3.63, 3.8) is 0 Å². The van der Waals surface area contributed by atoms with Crippen LogP contribution in [-0.2, 0) is 11.3 Å². The smallest absolute Gasteiger partial charge is 0.387 e. The summed E-state index contributed by atoms with van der Waals surface area (Å²) in [7, 11) is 1.40. The molecule has 2 aromatic rings. The first kappa shape index (κ1) is 20.1. The molecular formula is C21H24F2N2O3. The number of benzene rings is 2. The van der Waals surface area contributed by atoms with Crippen molar-refractivity contribution in [2.75, 3.05) is 20.2 Å². The summed E-state index contributed by atoms with van der Waals surface area (Å²) in [6.45, 7) is -0.988. The van der Waals surface area contributed by atoms with E-state index in [9.17, 15) is 13.6 Å². The SMILES string of the molecule is COc1cc(CNC(C(=O)N2CCCC2)c2ccccc2)ccc1OC(F)F. The highest BCUT2D eigenvalue weighted by atomic mass is 19.3. The van der Waals surface area contributed by atoms with E-state index in [-0.39, 0.29) is 17.4 Å². The number of nitrogens with one attached hydrogen (secondary N) is 1. The first-order valence-electron chi connectivity index (χ1n) is 9.27. The Bertz CT molecular complexity index is 780. The van der Waals surface area contributed by atoms with Crippen LogP contribution in [0.15, 0.2) is 48.5 Å². The minimum atomic E-state index is -2.92. The first-order valence-corrected chi connectivity index (χ1v) is 9.27. The van der Waals surface area contributed by atoms with Crippen molar-refractivity contribution in [3.8, 4) is 11.5 Å². The third kappa shape index (κ3) is 4.98. The third-order valence-electron chi connectivity index (χ3n) is 4.75. The van der Waals surface area contributed by atoms with E-state index in [1.165, 1.54) is 13.2 Å². The second-order valence-corrected chi connectivity index (χ2v) is 6.62. The van der Waals surface area contributed by atoms with Crippen LogP contribution in [-0.4, -0.2) is 37.6 Å². The summed E-state index contributed by atoms with van der Waals surface area (Å²) >= 11 is 0. The number of alkyl halides is 2. The number of ether oxygens (including phenoxy) is 2. The molecule has 0 aromatic heterocycles. The molecule has 28 heavy (non-hydrogen) atoms. The van der Waals surface area contributed by atoms with Crippen LogP contribution in [0.3, 0.4) is 0 Å². The van der Waals surface area contributed by atoms with Gasteiger partial charge in [0.25, 0.3) is 0 Å². The molecule has 2 aromatic carbocycles. The highest BCUT2D eigenvalue weighted by molar-refractivity contribution is 5.83. The molecule has 1 N–H and O–H groups in total. The molecule has 1 amide bonds. The van der Waals surface area contributed by atoms with Gasteiger partial charge in [0.15, 0.2) is 11.5 Å². The lowest BCUT2D eigenvalue weighted by atomic mass is 10.0. The molecule has 5 nitrogen and oxygen atoms in total. The fourth-order valence-electron chi connectivity index (χ4n) is 3.35. The number of methoxy groups -OCH3 is 1. The largest absolute Gasteiger partial charge is 0.493 e. The monoisotopic (exact) mass is 390 g/mol. The number of rotatable bonds is 8. The van der Waals surface area contributed by atoms with Gasteiger partial charge in [-0.05, 0) is 36.1 Å². The Kier molecular flexibility index (Phi) is 6.81. The zero-order chi connectivity index (χ0) is 19.9. The molecule has 0 saturated carbocycles. The number of amides is 1. The quantitative estimate of drug-likeness (QED) is 0.746. The van der Waals surface area contributed by atoms with Gasteiger partial charge in [-0.2, -0.15) is 8.78 Å². The Morgan fingerprint density at radius 2 is 1.82 bits per heavy atom. The van der Waals surface area contributed by atoms with Crippen molar-refractivity contribution in [3.05, 3.63) is 59.7 Å². The summed E-state index contributed by atoms with van der Waals surface area (Å²) < 4.78 is 34.6. The number of carbonyl (C=O) groups excluding carboxylic acids is 1. The second kappa shape index (κ2) is 9.50. The standard InChI is InChI=1S/C21H24F2N2O3/c1-27-18-13-15(9-10-17(18)28-21(22)23)14-24-19(16-7-3-2-4-8-16)20(26)25-11-5-6-12-25/h2-4,7-10,13,19,21,24H,5-6,11-12,14H2,1H3. The van der Waals surface area contributed by atoms with Crippen LogP contribution in [0.2, 0.25) is 0 Å². The highest BCUT2D eigenvalue weighted by Crippen LogP contribution is 2.30. The Morgan fingerprint density at radius 1 is 1.11 bits per heavy atom. The van der Waals surface area contributed by atoms with E-state index in [1.807, 2.05) is 35.2 Å². The molecule has 1 aliphatic rings. The number of hydrogen-bond donors (Lipinski definition) is 1. The van der Waals surface area contributed by atoms with E-state index in [2.05, 4.69) is 10.1 Å². The molecule has 0 aliphatic carbocycles. The summed E-state index contributed by atoms with van der Waals surface area (Å²) in [4.78, 5) is 14.9. The average molecular weight is 390 g/mol. The van der Waals surface area contributed by atoms with Crippen LogP contribution < -0.4 is 14.8 Å². The summed E-state index contributed by atoms with van der Waals surface area (Å²) in [6, 6.07) is 13.8. The van der Waals surface area contributed by atoms with Gasteiger partial charge in [0.1, 0.15) is 6.04 Å². The maximum atomic E-state index is 13.0. The third-order valence-corrected chi connectivity index (χ3v) is 4.75. The predicted molar refractivity (Wildman–Crippen MR) is 101 cm³/mol. The van der Waals surface area contributed by atoms with E-state index in [4.69, 9.17) is 4.74 Å². The molecule has 0 radical (unpaired) electrons. The van der Waals surface area contributed by atoms with E-state index < -0.39 is 12.7 Å². The maximum Gasteiger partial charge on any atom is 0.387 e. The van der Waals surface area contributed by atoms with Gasteiger partial charge in [0, 0.05) is 19.6 Å². The van der Waals surface area contributed by atoms with Crippen LogP contribution >= 0.6 is 0 Å². The van der Waals surface area contributed by atoms with Gasteiger partial charge in [0.2, 0.25) is 5.91 Å². The van der Waals surface area contributed by atoms with E-state index in [0.29, 0.717) is 6.54 Å². The molecule has 0 spiro atoms. The fraction of sp³-hybridized carbons (Fsp3) is 0.381. The molecular weight excluding hydrogens is 366 g/mol. The van der Waals surface area contributed by atoms with Crippen LogP contribution in [0.25, 0.3) is 0 Å². The van der Waals surface area contributed by atoms with Crippen molar-refractivity contribution in [2.45, 2.75) is 32.0 Å². The summed E-state index contributed by atoms with van der Waals surface area (Å²) in [5.41, 5.74) is 1.69. The minimum absolute atomic E-state index is 0.0194. The summed E-state index contributed by atoms with van der Waals surface area (Å²) in [6.07, 6.45) is 2.05. The van der Waals surface area contributed by atoms with E-state index >= 15 is 0 Å². The Morgan fingerprint density at radius 3 is 2.46 bits per heavy atom. The Balaban J connectivity index is 1.75. The molecule has 1 aliphatic heterocycles. The highest BCUT2D eigenvalue weighted by Gasteiger charge is 2.27. The number of likely N-dealkylation sites (tertiary alicyclic amines) is 1. The lowest BCUT2D eigenvalue weighted by Gasteiger charge is -2.24. The molecule has 1 saturated heterocycles. The van der Waals surface area contributed by atoms with Crippen molar-refractivity contribution in [2.24, 2.45) is 0 Å². The Labute approximate surface area is 163 Å². The topological polar surface area (TPSA) is 50.8 Å². The van der Waals surface area contributed by atoms with E-state index in [1.54, 1.807) is 12.1 Å². The second-order valence-electron chi connectivity index (χ2n) is 6.62. The van der Waals surface area contributed by atoms with Crippen molar-refractivity contribution in [1.29, 1.82) is 0 Å². The van der Waals surface area contributed by atoms with Gasteiger partial charge < -0.3 is 14.4 Å². The predicted octanol–water partition coefficient (Wildman–Crippen LogP) is 3.75. The van der Waals surface area contributed by atoms with E-state index in [0.717, 1.165) is 37.1 Å². The molecule has 1 unspecified atom stereocenters. The molecule has 150 valence electrons. The molecule has 1 heterocycles. The van der Waals surface area contributed by atoms with Crippen LogP contribution in [0, 0.1) is 0 Å². The molecule has 3 rings (SSSR count). The normalized spacial score (nSPS) is 14.9. The Hall–Kier alpha value is -2.67. The minimum Gasteiger partial charge on any atom is -0.493 e. The first-order chi connectivity index (χ1) is 13.6. The lowest BCUT2D eigenvalue weighted by molar-refractivity contribution is -0.132. The van der Waals surface area contributed by atoms with Gasteiger partial charge in [-0.25, -0.2) is 0 Å². The van der Waals surface area contributed by atoms with Gasteiger partial charge in [-0.15, -0.1) is 0 Å². The maximum absolute atomic E-state index is 13.0. The molecule has 7 heteroatoms. The average Bonchev–Trinajstić information content (AvgIpc) is 3.24. The van der Waals surface area contributed by atoms with Gasteiger partial charge in [-0.3, -0.25) is 10.1 Å². The van der Waals surface area contributed by atoms with Crippen molar-refractivity contribution < 1.29 is 23.0 Å². The fourth-order valence-corrected chi connectivity index (χ4v) is 3.35. The number of hydrogen-bond acceptors (Lipinski definition) is 4. The number of halogens is 2. The van der Waals surface area contributed by atoms with Crippen LogP contribution in [0.4, 0.5) is 8.78 Å². The number of carbonyl (C=O) groups is 1. The van der Waals surface area contributed by atoms with Crippen molar-refractivity contribution >= 4 is 5.91 Å². The van der Waals surface area contributed by atoms with Gasteiger partial charge >= 0.3 is 6.61 Å². The summed E-state index contributed by atoms with van der Waals surface area (Å²) in [5.74, 6) is 0.254. The van der Waals surface area contributed by atoms with Crippen molar-refractivity contribution in [1.82, 2.24) is 10.2 Å². The van der Waals surface area contributed by atoms with Gasteiger partial charge in [0.05, 0.1) is 7.11 Å². The number of nitrogens with zero attached hydrogens (tertiary/aromatic N) is 1. The molecule has 1 atom stereocenters. The van der Waals surface area contributed by atoms with Crippen LogP contribution in [0.1, 0.15) is 30.0 Å². The lowest BCUT2D eigenvalue weighted by Crippen LogP contribution is -2.39. The molecule has 0 bridgehead atoms. The molecule has 1 fully saturated rings. The van der Waals surface area contributed by atoms with Crippen LogP contribution in [0.5, 0.6) is 11.5 Å². The van der Waals surface area contributed by atoms with Gasteiger partial charge in [-0.1, -0.05) is 36.4 Å². The zero-order valence-corrected chi connectivity index (χ0v) is 15.7. The summed E-state index contributed by atoms with van der Waals surface area (Å²) in [5, 5.41) is 3.30.